The number of hydrogen-bond acceptors (Lipinski definition) is 3. The molecule has 0 heterocycles. The van der Waals surface area contributed by atoms with Gasteiger partial charge in [-0.05, 0) is 36.1 Å². The van der Waals surface area contributed by atoms with Crippen LogP contribution >= 0.6 is 11.6 Å². The molecule has 0 saturated heterocycles. The van der Waals surface area contributed by atoms with Gasteiger partial charge >= 0.3 is 0 Å². The van der Waals surface area contributed by atoms with Crippen molar-refractivity contribution in [3.05, 3.63) is 29.8 Å². The summed E-state index contributed by atoms with van der Waals surface area (Å²) >= 11 is 5.71. The molecule has 0 radical (unpaired) electrons. The molecule has 1 amide bonds. The van der Waals surface area contributed by atoms with Gasteiger partial charge in [0, 0.05) is 24.2 Å². The number of hydrogen-bond donors (Lipinski definition) is 1. The van der Waals surface area contributed by atoms with Crippen molar-refractivity contribution in [3.63, 3.8) is 0 Å². The topological polar surface area (TPSA) is 63.2 Å². The Morgan fingerprint density at radius 2 is 1.80 bits per heavy atom. The SMILES string of the molecule is CC(C)(CCCl)CNC(=O)c1ccc(S(C)(=O)=O)cc1. The molecule has 1 aromatic carbocycles. The fourth-order valence-electron chi connectivity index (χ4n) is 1.62. The number of halogens is 1. The molecule has 0 bridgehead atoms. The van der Waals surface area contributed by atoms with Gasteiger partial charge in [0.15, 0.2) is 9.84 Å². The minimum Gasteiger partial charge on any atom is -0.352 e. The molecule has 0 fully saturated rings. The standard InChI is InChI=1S/C14H20ClNO3S/c1-14(2,8-9-15)10-16-13(17)11-4-6-12(7-5-11)20(3,18)19/h4-7H,8-10H2,1-3H3,(H,16,17). The van der Waals surface area contributed by atoms with Gasteiger partial charge < -0.3 is 5.32 Å². The predicted molar refractivity (Wildman–Crippen MR) is 81.0 cm³/mol. The molecule has 0 aliphatic rings. The largest absolute Gasteiger partial charge is 0.352 e. The maximum absolute atomic E-state index is 12.0. The van der Waals surface area contributed by atoms with Crippen molar-refractivity contribution in [2.24, 2.45) is 5.41 Å². The van der Waals surface area contributed by atoms with Gasteiger partial charge in [0.2, 0.25) is 0 Å². The van der Waals surface area contributed by atoms with E-state index < -0.39 is 9.84 Å². The van der Waals surface area contributed by atoms with Crippen LogP contribution in [0.2, 0.25) is 0 Å². The lowest BCUT2D eigenvalue weighted by Gasteiger charge is -2.23. The van der Waals surface area contributed by atoms with E-state index in [2.05, 4.69) is 5.32 Å². The summed E-state index contributed by atoms with van der Waals surface area (Å²) < 4.78 is 22.7. The molecule has 0 aliphatic heterocycles. The van der Waals surface area contributed by atoms with Crippen molar-refractivity contribution < 1.29 is 13.2 Å². The van der Waals surface area contributed by atoms with Crippen molar-refractivity contribution in [1.29, 1.82) is 0 Å². The molecular formula is C14H20ClNO3S. The van der Waals surface area contributed by atoms with Gasteiger partial charge in [-0.1, -0.05) is 13.8 Å². The number of carbonyl (C=O) groups excluding carboxylic acids is 1. The van der Waals surface area contributed by atoms with Gasteiger partial charge in [0.05, 0.1) is 4.90 Å². The Bertz CT molecular complexity index is 565. The molecule has 0 aromatic heterocycles. The molecule has 1 aromatic rings. The number of amides is 1. The smallest absolute Gasteiger partial charge is 0.251 e. The molecule has 112 valence electrons. The number of carbonyl (C=O) groups is 1. The number of nitrogens with one attached hydrogen (secondary N) is 1. The van der Waals surface area contributed by atoms with Crippen LogP contribution in [0.1, 0.15) is 30.6 Å². The summed E-state index contributed by atoms with van der Waals surface area (Å²) in [7, 11) is -3.23. The molecule has 0 atom stereocenters. The van der Waals surface area contributed by atoms with E-state index in [1.165, 1.54) is 24.3 Å². The first-order valence-corrected chi connectivity index (χ1v) is 8.73. The van der Waals surface area contributed by atoms with Crippen LogP contribution in [0.3, 0.4) is 0 Å². The van der Waals surface area contributed by atoms with Crippen molar-refractivity contribution in [1.82, 2.24) is 5.32 Å². The summed E-state index contributed by atoms with van der Waals surface area (Å²) in [4.78, 5) is 12.2. The minimum atomic E-state index is -3.23. The Morgan fingerprint density at radius 1 is 1.25 bits per heavy atom. The van der Waals surface area contributed by atoms with Crippen LogP contribution in [0.25, 0.3) is 0 Å². The van der Waals surface area contributed by atoms with E-state index in [0.29, 0.717) is 18.0 Å². The molecule has 1 rings (SSSR count). The van der Waals surface area contributed by atoms with Gasteiger partial charge in [-0.2, -0.15) is 0 Å². The zero-order valence-electron chi connectivity index (χ0n) is 11.9. The Hall–Kier alpha value is -1.07. The zero-order chi connectivity index (χ0) is 15.4. The third-order valence-electron chi connectivity index (χ3n) is 3.04. The summed E-state index contributed by atoms with van der Waals surface area (Å²) in [6.45, 7) is 4.58. The van der Waals surface area contributed by atoms with Crippen LogP contribution in [0.4, 0.5) is 0 Å². The third kappa shape index (κ3) is 5.13. The Labute approximate surface area is 125 Å². The highest BCUT2D eigenvalue weighted by Gasteiger charge is 2.18. The Kier molecular flexibility index (Phi) is 5.59. The highest BCUT2D eigenvalue weighted by molar-refractivity contribution is 7.90. The quantitative estimate of drug-likeness (QED) is 0.820. The van der Waals surface area contributed by atoms with Crippen LogP contribution < -0.4 is 5.32 Å². The van der Waals surface area contributed by atoms with E-state index in [1.54, 1.807) is 0 Å². The van der Waals surface area contributed by atoms with E-state index in [-0.39, 0.29) is 16.2 Å². The van der Waals surface area contributed by atoms with Crippen LogP contribution in [0.15, 0.2) is 29.2 Å². The fourth-order valence-corrected chi connectivity index (χ4v) is 2.76. The minimum absolute atomic E-state index is 0.0654. The fraction of sp³-hybridized carbons (Fsp3) is 0.500. The molecule has 0 saturated carbocycles. The van der Waals surface area contributed by atoms with Crippen molar-refractivity contribution in [2.45, 2.75) is 25.2 Å². The van der Waals surface area contributed by atoms with E-state index in [4.69, 9.17) is 11.6 Å². The van der Waals surface area contributed by atoms with Crippen LogP contribution in [-0.4, -0.2) is 33.0 Å². The normalized spacial score (nSPS) is 12.2. The van der Waals surface area contributed by atoms with Crippen molar-refractivity contribution in [3.8, 4) is 0 Å². The summed E-state index contributed by atoms with van der Waals surface area (Å²) in [5, 5.41) is 2.84. The first-order valence-electron chi connectivity index (χ1n) is 6.30. The molecule has 1 N–H and O–H groups in total. The summed E-state index contributed by atoms with van der Waals surface area (Å²) in [5.74, 6) is 0.332. The number of alkyl halides is 1. The lowest BCUT2D eigenvalue weighted by Crippen LogP contribution is -2.34. The van der Waals surface area contributed by atoms with E-state index in [9.17, 15) is 13.2 Å². The predicted octanol–water partition coefficient (Wildman–Crippen LogP) is 2.48. The molecule has 20 heavy (non-hydrogen) atoms. The van der Waals surface area contributed by atoms with Crippen LogP contribution in [0, 0.1) is 5.41 Å². The second-order valence-electron chi connectivity index (χ2n) is 5.58. The molecule has 0 unspecified atom stereocenters. The first kappa shape index (κ1) is 17.0. The van der Waals surface area contributed by atoms with Crippen LogP contribution in [-0.2, 0) is 9.84 Å². The molecular weight excluding hydrogens is 298 g/mol. The van der Waals surface area contributed by atoms with Crippen LogP contribution in [0.5, 0.6) is 0 Å². The molecule has 0 spiro atoms. The maximum Gasteiger partial charge on any atom is 0.251 e. The van der Waals surface area contributed by atoms with Gasteiger partial charge in [-0.3, -0.25) is 4.79 Å². The van der Waals surface area contributed by atoms with Gasteiger partial charge in [-0.25, -0.2) is 8.42 Å². The first-order chi connectivity index (χ1) is 9.15. The number of rotatable bonds is 6. The highest BCUT2D eigenvalue weighted by atomic mass is 35.5. The second kappa shape index (κ2) is 6.59. The maximum atomic E-state index is 12.0. The van der Waals surface area contributed by atoms with Gasteiger partial charge in [0.1, 0.15) is 0 Å². The lowest BCUT2D eigenvalue weighted by molar-refractivity contribution is 0.0935. The van der Waals surface area contributed by atoms with E-state index in [0.717, 1.165) is 12.7 Å². The Morgan fingerprint density at radius 3 is 2.25 bits per heavy atom. The monoisotopic (exact) mass is 317 g/mol. The average Bonchev–Trinajstić information content (AvgIpc) is 2.35. The Balaban J connectivity index is 2.70. The van der Waals surface area contributed by atoms with Gasteiger partial charge in [-0.15, -0.1) is 11.6 Å². The summed E-state index contributed by atoms with van der Waals surface area (Å²) in [6, 6.07) is 5.91. The van der Waals surface area contributed by atoms with E-state index in [1.807, 2.05) is 13.8 Å². The van der Waals surface area contributed by atoms with Crippen molar-refractivity contribution in [2.75, 3.05) is 18.7 Å². The van der Waals surface area contributed by atoms with E-state index >= 15 is 0 Å². The molecule has 6 heteroatoms. The third-order valence-corrected chi connectivity index (χ3v) is 4.36. The second-order valence-corrected chi connectivity index (χ2v) is 7.98. The number of sulfone groups is 1. The average molecular weight is 318 g/mol. The highest BCUT2D eigenvalue weighted by Crippen LogP contribution is 2.19. The summed E-state index contributed by atoms with van der Waals surface area (Å²) in [6.07, 6.45) is 1.94. The van der Waals surface area contributed by atoms with Gasteiger partial charge in [0.25, 0.3) is 5.91 Å². The zero-order valence-corrected chi connectivity index (χ0v) is 13.5. The van der Waals surface area contributed by atoms with Crippen molar-refractivity contribution >= 4 is 27.3 Å². The number of benzene rings is 1. The lowest BCUT2D eigenvalue weighted by atomic mass is 9.90. The molecule has 4 nitrogen and oxygen atoms in total. The summed E-state index contributed by atoms with van der Waals surface area (Å²) in [5.41, 5.74) is 0.378. The molecule has 0 aliphatic carbocycles.